The molecule has 0 aromatic heterocycles. The van der Waals surface area contributed by atoms with Gasteiger partial charge in [-0.15, -0.1) is 0 Å². The molecule has 0 amide bonds. The van der Waals surface area contributed by atoms with Crippen molar-refractivity contribution in [2.24, 2.45) is 5.73 Å². The van der Waals surface area contributed by atoms with Crippen LogP contribution in [-0.2, 0) is 5.41 Å². The van der Waals surface area contributed by atoms with Gasteiger partial charge < -0.3 is 15.8 Å². The summed E-state index contributed by atoms with van der Waals surface area (Å²) >= 11 is 9.86. The maximum absolute atomic E-state index is 6.32. The van der Waals surface area contributed by atoms with Gasteiger partial charge >= 0.3 is 0 Å². The zero-order valence-electron chi connectivity index (χ0n) is 12.1. The molecule has 3 N–H and O–H groups in total. The molecule has 0 saturated carbocycles. The van der Waals surface area contributed by atoms with E-state index in [9.17, 15) is 0 Å². The molecule has 5 heteroatoms. The Kier molecular flexibility index (Phi) is 4.06. The second-order valence-corrected chi connectivity index (χ2v) is 6.61. The molecule has 1 aliphatic rings. The fourth-order valence-electron chi connectivity index (χ4n) is 2.86. The molecule has 0 saturated heterocycles. The van der Waals surface area contributed by atoms with E-state index < -0.39 is 0 Å². The van der Waals surface area contributed by atoms with Gasteiger partial charge in [-0.05, 0) is 41.5 Å². The molecule has 22 heavy (non-hydrogen) atoms. The average molecular weight is 380 g/mol. The van der Waals surface area contributed by atoms with Gasteiger partial charge in [-0.25, -0.2) is 0 Å². The normalized spacial score (nSPS) is 20.4. The summed E-state index contributed by atoms with van der Waals surface area (Å²) in [5.74, 6) is 1.34. The largest absolute Gasteiger partial charge is 0.495 e. The van der Waals surface area contributed by atoms with Crippen LogP contribution in [0.5, 0.6) is 5.75 Å². The smallest absolute Gasteiger partial charge is 0.137 e. The Bertz CT molecular complexity index is 747. The molecule has 0 fully saturated rings. The van der Waals surface area contributed by atoms with Crippen LogP contribution < -0.4 is 15.8 Å². The second kappa shape index (κ2) is 5.86. The van der Waals surface area contributed by atoms with E-state index in [0.717, 1.165) is 15.6 Å². The first kappa shape index (κ1) is 15.3. The molecule has 1 heterocycles. The number of methoxy groups -OCH3 is 1. The van der Waals surface area contributed by atoms with Crippen LogP contribution in [0.1, 0.15) is 11.1 Å². The van der Waals surface area contributed by atoms with Crippen LogP contribution in [0.15, 0.2) is 58.8 Å². The highest BCUT2D eigenvalue weighted by Gasteiger charge is 2.36. The van der Waals surface area contributed by atoms with E-state index in [1.807, 2.05) is 36.4 Å². The van der Waals surface area contributed by atoms with E-state index in [4.69, 9.17) is 22.1 Å². The van der Waals surface area contributed by atoms with Crippen molar-refractivity contribution in [2.75, 3.05) is 13.7 Å². The third kappa shape index (κ3) is 2.57. The van der Waals surface area contributed by atoms with Gasteiger partial charge in [-0.1, -0.05) is 45.7 Å². The molecule has 3 rings (SSSR count). The molecule has 114 valence electrons. The number of halogens is 2. The maximum atomic E-state index is 6.32. The number of rotatable bonds is 3. The van der Waals surface area contributed by atoms with Gasteiger partial charge in [0.05, 0.1) is 23.4 Å². The van der Waals surface area contributed by atoms with Crippen molar-refractivity contribution in [1.82, 2.24) is 5.32 Å². The minimum Gasteiger partial charge on any atom is -0.495 e. The van der Waals surface area contributed by atoms with Gasteiger partial charge in [-0.2, -0.15) is 0 Å². The molecule has 1 unspecified atom stereocenters. The van der Waals surface area contributed by atoms with E-state index >= 15 is 0 Å². The Morgan fingerprint density at radius 2 is 2.00 bits per heavy atom. The molecular weight excluding hydrogens is 364 g/mol. The molecule has 0 aliphatic carbocycles. The number of hydrogen-bond acceptors (Lipinski definition) is 3. The number of benzene rings is 2. The first-order valence-corrected chi connectivity index (χ1v) is 8.04. The van der Waals surface area contributed by atoms with Gasteiger partial charge in [-0.3, -0.25) is 0 Å². The molecule has 2 aromatic rings. The van der Waals surface area contributed by atoms with Crippen LogP contribution in [0, 0.1) is 0 Å². The standard InChI is InChI=1S/C17H16BrClN2O/c1-22-15-6-5-12(8-14(15)19)17(9-16(20)21-10-17)11-3-2-4-13(18)7-11/h2-9,21H,10,20H2,1H3. The summed E-state index contributed by atoms with van der Waals surface area (Å²) in [6.07, 6.45) is 2.05. The Morgan fingerprint density at radius 3 is 2.59 bits per heavy atom. The van der Waals surface area contributed by atoms with E-state index in [-0.39, 0.29) is 5.41 Å². The molecule has 3 nitrogen and oxygen atoms in total. The predicted octanol–water partition coefficient (Wildman–Crippen LogP) is 3.80. The molecule has 2 aromatic carbocycles. The first-order chi connectivity index (χ1) is 10.5. The van der Waals surface area contributed by atoms with Crippen LogP contribution in [0.2, 0.25) is 5.02 Å². The van der Waals surface area contributed by atoms with Crippen molar-refractivity contribution < 1.29 is 4.74 Å². The summed E-state index contributed by atoms with van der Waals surface area (Å²) < 4.78 is 6.28. The summed E-state index contributed by atoms with van der Waals surface area (Å²) in [7, 11) is 1.61. The number of nitrogens with one attached hydrogen (secondary N) is 1. The molecule has 0 radical (unpaired) electrons. The Hall–Kier alpha value is -1.65. The van der Waals surface area contributed by atoms with Crippen LogP contribution in [0.25, 0.3) is 0 Å². The van der Waals surface area contributed by atoms with Crippen LogP contribution in [-0.4, -0.2) is 13.7 Å². The van der Waals surface area contributed by atoms with E-state index in [0.29, 0.717) is 23.1 Å². The average Bonchev–Trinajstić information content (AvgIpc) is 2.90. The fourth-order valence-corrected chi connectivity index (χ4v) is 3.51. The quantitative estimate of drug-likeness (QED) is 0.853. The minimum atomic E-state index is -0.343. The van der Waals surface area contributed by atoms with Crippen molar-refractivity contribution >= 4 is 27.5 Å². The predicted molar refractivity (Wildman–Crippen MR) is 93.2 cm³/mol. The molecule has 1 atom stereocenters. The lowest BCUT2D eigenvalue weighted by Gasteiger charge is -2.28. The number of ether oxygens (including phenoxy) is 1. The highest BCUT2D eigenvalue weighted by molar-refractivity contribution is 9.10. The van der Waals surface area contributed by atoms with Gasteiger partial charge in [0.15, 0.2) is 0 Å². The zero-order valence-corrected chi connectivity index (χ0v) is 14.4. The van der Waals surface area contributed by atoms with Gasteiger partial charge in [0.1, 0.15) is 5.75 Å². The highest BCUT2D eigenvalue weighted by Crippen LogP contribution is 2.40. The monoisotopic (exact) mass is 378 g/mol. The molecule has 1 aliphatic heterocycles. The third-order valence-electron chi connectivity index (χ3n) is 3.98. The zero-order chi connectivity index (χ0) is 15.7. The topological polar surface area (TPSA) is 47.3 Å². The number of nitrogens with two attached hydrogens (primary N) is 1. The SMILES string of the molecule is COc1ccc(C2(c3cccc(Br)c3)C=C(N)NC2)cc1Cl. The Labute approximate surface area is 143 Å². The molecule has 0 bridgehead atoms. The summed E-state index contributed by atoms with van der Waals surface area (Å²) in [5, 5.41) is 3.82. The summed E-state index contributed by atoms with van der Waals surface area (Å²) in [4.78, 5) is 0. The van der Waals surface area contributed by atoms with Crippen molar-refractivity contribution in [3.63, 3.8) is 0 Å². The van der Waals surface area contributed by atoms with Crippen LogP contribution >= 0.6 is 27.5 Å². The maximum Gasteiger partial charge on any atom is 0.137 e. The second-order valence-electron chi connectivity index (χ2n) is 5.28. The highest BCUT2D eigenvalue weighted by atomic mass is 79.9. The van der Waals surface area contributed by atoms with Gasteiger partial charge in [0, 0.05) is 11.0 Å². The summed E-state index contributed by atoms with van der Waals surface area (Å²) in [6.45, 7) is 0.692. The molecule has 0 spiro atoms. The summed E-state index contributed by atoms with van der Waals surface area (Å²) in [5.41, 5.74) is 7.88. The summed E-state index contributed by atoms with van der Waals surface area (Å²) in [6, 6.07) is 14.1. The van der Waals surface area contributed by atoms with Crippen molar-refractivity contribution in [3.8, 4) is 5.75 Å². The minimum absolute atomic E-state index is 0.343. The van der Waals surface area contributed by atoms with Crippen LogP contribution in [0.4, 0.5) is 0 Å². The third-order valence-corrected chi connectivity index (χ3v) is 4.77. The van der Waals surface area contributed by atoms with Crippen molar-refractivity contribution in [1.29, 1.82) is 0 Å². The Morgan fingerprint density at radius 1 is 1.23 bits per heavy atom. The van der Waals surface area contributed by atoms with E-state index in [1.54, 1.807) is 7.11 Å². The lowest BCUT2D eigenvalue weighted by atomic mass is 9.75. The van der Waals surface area contributed by atoms with E-state index in [2.05, 4.69) is 33.4 Å². The lowest BCUT2D eigenvalue weighted by molar-refractivity contribution is 0.414. The van der Waals surface area contributed by atoms with Gasteiger partial charge in [0.2, 0.25) is 0 Å². The lowest BCUT2D eigenvalue weighted by Crippen LogP contribution is -2.31. The van der Waals surface area contributed by atoms with Gasteiger partial charge in [0.25, 0.3) is 0 Å². The van der Waals surface area contributed by atoms with Crippen molar-refractivity contribution in [3.05, 3.63) is 75.0 Å². The van der Waals surface area contributed by atoms with E-state index in [1.165, 1.54) is 0 Å². The fraction of sp³-hybridized carbons (Fsp3) is 0.176. The first-order valence-electron chi connectivity index (χ1n) is 6.87. The number of hydrogen-bond donors (Lipinski definition) is 2. The Balaban J connectivity index is 2.18. The van der Waals surface area contributed by atoms with Crippen molar-refractivity contribution in [2.45, 2.75) is 5.41 Å². The van der Waals surface area contributed by atoms with Crippen LogP contribution in [0.3, 0.4) is 0 Å². The molecular formula is C17H16BrClN2O.